The molecule has 0 atom stereocenters. The Morgan fingerprint density at radius 3 is 2.54 bits per heavy atom. The summed E-state index contributed by atoms with van der Waals surface area (Å²) in [6.07, 6.45) is 7.52. The van der Waals surface area contributed by atoms with Crippen LogP contribution in [0.5, 0.6) is 0 Å². The van der Waals surface area contributed by atoms with E-state index in [9.17, 15) is 0 Å². The van der Waals surface area contributed by atoms with Crippen LogP contribution >= 0.6 is 22.9 Å². The zero-order valence-corrected chi connectivity index (χ0v) is 9.50. The maximum Gasteiger partial charge on any atom is 0.207 e. The Kier molecular flexibility index (Phi) is 5.32. The Balaban J connectivity index is 2.06. The fourth-order valence-corrected chi connectivity index (χ4v) is 2.12. The van der Waals surface area contributed by atoms with Gasteiger partial charge in [0, 0.05) is 6.42 Å². The first kappa shape index (κ1) is 10.9. The van der Waals surface area contributed by atoms with Gasteiger partial charge in [-0.2, -0.15) is 0 Å². The highest BCUT2D eigenvalue weighted by Gasteiger charge is 2.00. The van der Waals surface area contributed by atoms with E-state index >= 15 is 0 Å². The summed E-state index contributed by atoms with van der Waals surface area (Å²) in [5.74, 6) is 0. The van der Waals surface area contributed by atoms with Gasteiger partial charge < -0.3 is 0 Å². The van der Waals surface area contributed by atoms with E-state index in [0.29, 0.717) is 4.47 Å². The molecule has 0 aliphatic rings. The number of halogens is 1. The summed E-state index contributed by atoms with van der Waals surface area (Å²) in [6, 6.07) is 0. The van der Waals surface area contributed by atoms with Gasteiger partial charge in [0.15, 0.2) is 0 Å². The van der Waals surface area contributed by atoms with E-state index in [1.165, 1.54) is 43.4 Å². The van der Waals surface area contributed by atoms with E-state index in [4.69, 9.17) is 11.6 Å². The lowest BCUT2D eigenvalue weighted by molar-refractivity contribution is 0.630. The lowest BCUT2D eigenvalue weighted by atomic mass is 10.1. The van der Waals surface area contributed by atoms with Crippen LogP contribution in [-0.2, 0) is 6.42 Å². The van der Waals surface area contributed by atoms with Crippen LogP contribution in [0.15, 0.2) is 0 Å². The Morgan fingerprint density at radius 1 is 1.15 bits per heavy atom. The first-order valence-corrected chi connectivity index (χ1v) is 6.00. The van der Waals surface area contributed by atoms with Crippen molar-refractivity contribution in [2.75, 3.05) is 0 Å². The lowest BCUT2D eigenvalue weighted by Gasteiger charge is -1.96. The molecular weight excluding hydrogens is 204 g/mol. The Bertz CT molecular complexity index is 237. The highest BCUT2D eigenvalue weighted by atomic mass is 35.5. The van der Waals surface area contributed by atoms with Crippen molar-refractivity contribution in [2.45, 2.75) is 45.4 Å². The predicted molar refractivity (Wildman–Crippen MR) is 57.4 cm³/mol. The summed E-state index contributed by atoms with van der Waals surface area (Å²) in [5, 5.41) is 8.81. The number of nitrogens with zero attached hydrogens (tertiary/aromatic N) is 2. The van der Waals surface area contributed by atoms with Gasteiger partial charge >= 0.3 is 0 Å². The molecule has 0 radical (unpaired) electrons. The summed E-state index contributed by atoms with van der Waals surface area (Å²) in [4.78, 5) is 0. The molecule has 1 rings (SSSR count). The molecule has 0 spiro atoms. The van der Waals surface area contributed by atoms with Crippen LogP contribution < -0.4 is 0 Å². The molecule has 0 saturated carbocycles. The molecule has 0 aliphatic heterocycles. The number of aryl methyl sites for hydroxylation is 1. The lowest BCUT2D eigenvalue weighted by Crippen LogP contribution is -1.84. The van der Waals surface area contributed by atoms with Crippen molar-refractivity contribution >= 4 is 22.9 Å². The molecule has 0 bridgehead atoms. The van der Waals surface area contributed by atoms with Gasteiger partial charge in [-0.15, -0.1) is 10.2 Å². The van der Waals surface area contributed by atoms with Crippen LogP contribution in [0.25, 0.3) is 0 Å². The summed E-state index contributed by atoms with van der Waals surface area (Å²) < 4.78 is 0.559. The van der Waals surface area contributed by atoms with Crippen molar-refractivity contribution in [3.63, 3.8) is 0 Å². The smallest absolute Gasteiger partial charge is 0.142 e. The molecule has 74 valence electrons. The van der Waals surface area contributed by atoms with Gasteiger partial charge in [-0.3, -0.25) is 0 Å². The topological polar surface area (TPSA) is 25.8 Å². The third kappa shape index (κ3) is 4.58. The van der Waals surface area contributed by atoms with Crippen molar-refractivity contribution in [1.82, 2.24) is 10.2 Å². The van der Waals surface area contributed by atoms with Gasteiger partial charge in [0.1, 0.15) is 5.01 Å². The van der Waals surface area contributed by atoms with E-state index in [1.807, 2.05) is 0 Å². The molecule has 0 N–H and O–H groups in total. The zero-order valence-electron chi connectivity index (χ0n) is 7.92. The van der Waals surface area contributed by atoms with E-state index in [2.05, 4.69) is 17.1 Å². The maximum absolute atomic E-state index is 5.67. The molecule has 4 heteroatoms. The van der Waals surface area contributed by atoms with Gasteiger partial charge in [0.05, 0.1) is 0 Å². The quantitative estimate of drug-likeness (QED) is 0.681. The van der Waals surface area contributed by atoms with E-state index < -0.39 is 0 Å². The predicted octanol–water partition coefficient (Wildman–Crippen LogP) is 3.70. The second kappa shape index (κ2) is 6.33. The van der Waals surface area contributed by atoms with Crippen molar-refractivity contribution in [1.29, 1.82) is 0 Å². The third-order valence-electron chi connectivity index (χ3n) is 1.94. The molecule has 0 unspecified atom stereocenters. The number of rotatable bonds is 6. The Labute approximate surface area is 88.3 Å². The third-order valence-corrected chi connectivity index (χ3v) is 3.01. The Hall–Kier alpha value is -0.150. The standard InChI is InChI=1S/C9H15ClN2S/c1-2-3-4-5-6-7-8-11-12-9(10)13-8/h2-7H2,1H3. The first-order chi connectivity index (χ1) is 6.33. The number of hydrogen-bond acceptors (Lipinski definition) is 3. The molecule has 1 aromatic heterocycles. The van der Waals surface area contributed by atoms with Crippen LogP contribution in [0.3, 0.4) is 0 Å². The molecule has 0 amide bonds. The minimum atomic E-state index is 0.559. The van der Waals surface area contributed by atoms with E-state index in [1.54, 1.807) is 0 Å². The van der Waals surface area contributed by atoms with Gasteiger partial charge in [-0.25, -0.2) is 0 Å². The second-order valence-corrected chi connectivity index (χ2v) is 4.76. The number of hydrogen-bond donors (Lipinski definition) is 0. The van der Waals surface area contributed by atoms with E-state index in [0.717, 1.165) is 11.4 Å². The molecule has 0 fully saturated rings. The molecule has 13 heavy (non-hydrogen) atoms. The van der Waals surface area contributed by atoms with Gasteiger partial charge in [0.2, 0.25) is 4.47 Å². The molecule has 1 heterocycles. The summed E-state index contributed by atoms with van der Waals surface area (Å²) >= 11 is 7.16. The minimum absolute atomic E-state index is 0.559. The van der Waals surface area contributed by atoms with Crippen molar-refractivity contribution in [3.8, 4) is 0 Å². The van der Waals surface area contributed by atoms with Crippen LogP contribution in [0.4, 0.5) is 0 Å². The monoisotopic (exact) mass is 218 g/mol. The number of aromatic nitrogens is 2. The fraction of sp³-hybridized carbons (Fsp3) is 0.778. The number of unbranched alkanes of at least 4 members (excludes halogenated alkanes) is 4. The van der Waals surface area contributed by atoms with Crippen LogP contribution in [0.2, 0.25) is 4.47 Å². The minimum Gasteiger partial charge on any atom is -0.142 e. The molecule has 0 saturated heterocycles. The summed E-state index contributed by atoms with van der Waals surface area (Å²) in [5.41, 5.74) is 0. The van der Waals surface area contributed by atoms with Crippen molar-refractivity contribution in [3.05, 3.63) is 9.47 Å². The fourth-order valence-electron chi connectivity index (χ4n) is 1.21. The van der Waals surface area contributed by atoms with Crippen molar-refractivity contribution in [2.24, 2.45) is 0 Å². The summed E-state index contributed by atoms with van der Waals surface area (Å²) in [7, 11) is 0. The van der Waals surface area contributed by atoms with Crippen molar-refractivity contribution < 1.29 is 0 Å². The van der Waals surface area contributed by atoms with Gasteiger partial charge in [-0.1, -0.05) is 43.9 Å². The second-order valence-electron chi connectivity index (χ2n) is 3.11. The molecule has 0 aliphatic carbocycles. The zero-order chi connectivity index (χ0) is 9.52. The summed E-state index contributed by atoms with van der Waals surface area (Å²) in [6.45, 7) is 2.23. The SMILES string of the molecule is CCCCCCCc1nnc(Cl)s1. The average Bonchev–Trinajstić information content (AvgIpc) is 2.51. The van der Waals surface area contributed by atoms with Gasteiger partial charge in [-0.05, 0) is 18.0 Å². The highest BCUT2D eigenvalue weighted by Crippen LogP contribution is 2.17. The molecule has 1 aromatic rings. The van der Waals surface area contributed by atoms with E-state index in [-0.39, 0.29) is 0 Å². The molecule has 2 nitrogen and oxygen atoms in total. The molecule has 0 aromatic carbocycles. The van der Waals surface area contributed by atoms with Gasteiger partial charge in [0.25, 0.3) is 0 Å². The van der Waals surface area contributed by atoms with Crippen LogP contribution in [0, 0.1) is 0 Å². The first-order valence-electron chi connectivity index (χ1n) is 4.81. The highest BCUT2D eigenvalue weighted by molar-refractivity contribution is 7.15. The largest absolute Gasteiger partial charge is 0.207 e. The average molecular weight is 219 g/mol. The molecular formula is C9H15ClN2S. The Morgan fingerprint density at radius 2 is 1.92 bits per heavy atom. The van der Waals surface area contributed by atoms with Crippen LogP contribution in [-0.4, -0.2) is 10.2 Å². The normalized spacial score (nSPS) is 10.6. The van der Waals surface area contributed by atoms with Crippen LogP contribution in [0.1, 0.15) is 44.0 Å². The maximum atomic E-state index is 5.67.